The topological polar surface area (TPSA) is 53.0 Å². The van der Waals surface area contributed by atoms with Crippen molar-refractivity contribution in [1.29, 1.82) is 0 Å². The molecule has 3 aromatic carbocycles. The molecule has 0 unspecified atom stereocenters. The van der Waals surface area contributed by atoms with Gasteiger partial charge in [0, 0.05) is 38.4 Å². The molecule has 0 amide bonds. The van der Waals surface area contributed by atoms with E-state index in [0.29, 0.717) is 5.56 Å². The monoisotopic (exact) mass is 442 g/mol. The van der Waals surface area contributed by atoms with E-state index in [4.69, 9.17) is 4.74 Å². The van der Waals surface area contributed by atoms with Crippen molar-refractivity contribution >= 4 is 11.7 Å². The van der Waals surface area contributed by atoms with E-state index in [1.54, 1.807) is 18.2 Å². The summed E-state index contributed by atoms with van der Waals surface area (Å²) >= 11 is 0. The zero-order chi connectivity index (χ0) is 23.2. The van der Waals surface area contributed by atoms with Crippen LogP contribution in [0, 0.1) is 6.92 Å². The first kappa shape index (κ1) is 22.6. The molecule has 0 bridgehead atoms. The number of piperazine rings is 1. The Kier molecular flexibility index (Phi) is 7.10. The average molecular weight is 443 g/mol. The lowest BCUT2D eigenvalue weighted by atomic mass is 9.98. The number of nitrogens with zero attached hydrogens (tertiary/aromatic N) is 2. The number of anilines is 1. The Morgan fingerprint density at radius 3 is 2.45 bits per heavy atom. The summed E-state index contributed by atoms with van der Waals surface area (Å²) in [7, 11) is 0. The molecule has 5 heteroatoms. The van der Waals surface area contributed by atoms with Gasteiger partial charge in [-0.3, -0.25) is 4.90 Å². The van der Waals surface area contributed by atoms with Gasteiger partial charge in [0.05, 0.1) is 5.56 Å². The fourth-order valence-corrected chi connectivity index (χ4v) is 4.27. The summed E-state index contributed by atoms with van der Waals surface area (Å²) in [6, 6.07) is 21.6. The minimum atomic E-state index is -0.323. The van der Waals surface area contributed by atoms with Crippen LogP contribution < -0.4 is 4.90 Å². The van der Waals surface area contributed by atoms with Crippen LogP contribution in [-0.2, 0) is 11.3 Å². The van der Waals surface area contributed by atoms with Crippen LogP contribution in [0.25, 0.3) is 11.1 Å². The lowest BCUT2D eigenvalue weighted by Gasteiger charge is -2.36. The maximum Gasteiger partial charge on any atom is 0.338 e. The second kappa shape index (κ2) is 10.4. The van der Waals surface area contributed by atoms with Crippen LogP contribution in [0.5, 0.6) is 5.75 Å². The lowest BCUT2D eigenvalue weighted by Crippen LogP contribution is -2.45. The van der Waals surface area contributed by atoms with Crippen LogP contribution >= 0.6 is 0 Å². The summed E-state index contributed by atoms with van der Waals surface area (Å²) in [6.07, 6.45) is 1.57. The second-order valence-corrected chi connectivity index (χ2v) is 8.40. The Balaban J connectivity index is 1.32. The molecule has 33 heavy (non-hydrogen) atoms. The number of phenolic OH excluding ortho intramolecular Hbond substituents is 1. The highest BCUT2D eigenvalue weighted by Gasteiger charge is 2.18. The summed E-state index contributed by atoms with van der Waals surface area (Å²) in [5.41, 5.74) is 6.38. The van der Waals surface area contributed by atoms with Crippen LogP contribution in [-0.4, -0.2) is 48.8 Å². The molecule has 1 heterocycles. The third-order valence-electron chi connectivity index (χ3n) is 6.03. The summed E-state index contributed by atoms with van der Waals surface area (Å²) in [6.45, 7) is 10.7. The molecule has 1 saturated heterocycles. The Morgan fingerprint density at radius 2 is 1.79 bits per heavy atom. The zero-order valence-electron chi connectivity index (χ0n) is 19.0. The predicted octanol–water partition coefficient (Wildman–Crippen LogP) is 5.03. The van der Waals surface area contributed by atoms with Crippen molar-refractivity contribution in [2.45, 2.75) is 13.5 Å². The van der Waals surface area contributed by atoms with Gasteiger partial charge in [-0.25, -0.2) is 4.79 Å². The molecule has 0 aromatic heterocycles. The highest BCUT2D eigenvalue weighted by Crippen LogP contribution is 2.27. The number of rotatable bonds is 7. The quantitative estimate of drug-likeness (QED) is 0.411. The number of ether oxygens (including phenoxy) is 1. The predicted molar refractivity (Wildman–Crippen MR) is 133 cm³/mol. The molecule has 0 spiro atoms. The summed E-state index contributed by atoms with van der Waals surface area (Å²) in [4.78, 5) is 16.8. The van der Waals surface area contributed by atoms with Crippen LogP contribution in [0.15, 0.2) is 79.4 Å². The van der Waals surface area contributed by atoms with E-state index in [1.165, 1.54) is 11.1 Å². The summed E-state index contributed by atoms with van der Waals surface area (Å²) in [5.74, 6) is -0.0345. The van der Waals surface area contributed by atoms with Crippen molar-refractivity contribution in [3.63, 3.8) is 0 Å². The largest absolute Gasteiger partial charge is 0.508 e. The molecule has 0 atom stereocenters. The average Bonchev–Trinajstić information content (AvgIpc) is 2.83. The highest BCUT2D eigenvalue weighted by molar-refractivity contribution is 5.89. The molecule has 1 fully saturated rings. The van der Waals surface area contributed by atoms with E-state index in [-0.39, 0.29) is 18.3 Å². The van der Waals surface area contributed by atoms with Gasteiger partial charge in [-0.1, -0.05) is 43.0 Å². The van der Waals surface area contributed by atoms with Gasteiger partial charge < -0.3 is 14.7 Å². The van der Waals surface area contributed by atoms with Crippen molar-refractivity contribution in [3.8, 4) is 16.9 Å². The molecule has 0 aliphatic carbocycles. The van der Waals surface area contributed by atoms with Gasteiger partial charge in [-0.15, -0.1) is 0 Å². The van der Waals surface area contributed by atoms with Gasteiger partial charge in [0.1, 0.15) is 12.4 Å². The summed E-state index contributed by atoms with van der Waals surface area (Å²) < 4.78 is 5.09. The Bertz CT molecular complexity index is 1120. The molecule has 3 aromatic rings. The normalized spacial score (nSPS) is 14.2. The zero-order valence-corrected chi connectivity index (χ0v) is 19.0. The van der Waals surface area contributed by atoms with E-state index in [1.807, 2.05) is 36.4 Å². The number of phenols is 1. The molecular formula is C28H30N2O3. The Labute approximate surface area is 195 Å². The van der Waals surface area contributed by atoms with E-state index in [9.17, 15) is 9.90 Å². The minimum absolute atomic E-state index is 0.223. The van der Waals surface area contributed by atoms with Gasteiger partial charge in [-0.05, 0) is 65.6 Å². The number of carbonyl (C=O) groups excluding carboxylic acids is 1. The van der Waals surface area contributed by atoms with Crippen molar-refractivity contribution in [1.82, 2.24) is 4.90 Å². The van der Waals surface area contributed by atoms with Crippen LogP contribution in [0.1, 0.15) is 21.5 Å². The molecule has 5 nitrogen and oxygen atoms in total. The smallest absolute Gasteiger partial charge is 0.338 e. The molecule has 0 radical (unpaired) electrons. The molecule has 1 N–H and O–H groups in total. The molecule has 0 saturated carbocycles. The van der Waals surface area contributed by atoms with Crippen LogP contribution in [0.4, 0.5) is 5.69 Å². The maximum atomic E-state index is 11.9. The number of esters is 1. The first-order valence-corrected chi connectivity index (χ1v) is 11.3. The molecule has 4 rings (SSSR count). The lowest BCUT2D eigenvalue weighted by molar-refractivity contribution is 0.0549. The maximum absolute atomic E-state index is 11.9. The first-order valence-electron chi connectivity index (χ1n) is 11.3. The third-order valence-corrected chi connectivity index (χ3v) is 6.03. The number of aryl methyl sites for hydroxylation is 1. The van der Waals surface area contributed by atoms with Gasteiger partial charge >= 0.3 is 5.97 Å². The van der Waals surface area contributed by atoms with Gasteiger partial charge in [0.2, 0.25) is 0 Å². The molecule has 170 valence electrons. The number of hydrogen-bond donors (Lipinski definition) is 1. The molecule has 1 aliphatic rings. The van der Waals surface area contributed by atoms with Gasteiger partial charge in [0.15, 0.2) is 0 Å². The highest BCUT2D eigenvalue weighted by atomic mass is 16.5. The fourth-order valence-electron chi connectivity index (χ4n) is 4.27. The number of benzene rings is 3. The Morgan fingerprint density at radius 1 is 1.03 bits per heavy atom. The second-order valence-electron chi connectivity index (χ2n) is 8.40. The van der Waals surface area contributed by atoms with Crippen molar-refractivity contribution in [2.75, 3.05) is 37.7 Å². The van der Waals surface area contributed by atoms with Gasteiger partial charge in [0.25, 0.3) is 0 Å². The van der Waals surface area contributed by atoms with Crippen LogP contribution in [0.3, 0.4) is 0 Å². The van der Waals surface area contributed by atoms with E-state index in [0.717, 1.165) is 49.5 Å². The molecule has 1 aliphatic heterocycles. The van der Waals surface area contributed by atoms with E-state index >= 15 is 0 Å². The number of aromatic hydroxyl groups is 1. The minimum Gasteiger partial charge on any atom is -0.508 e. The summed E-state index contributed by atoms with van der Waals surface area (Å²) in [5, 5.41) is 9.77. The molecular weight excluding hydrogens is 412 g/mol. The van der Waals surface area contributed by atoms with Gasteiger partial charge in [-0.2, -0.15) is 0 Å². The van der Waals surface area contributed by atoms with Crippen LogP contribution in [0.2, 0.25) is 0 Å². The fraction of sp³-hybridized carbons (Fsp3) is 0.250. The van der Waals surface area contributed by atoms with E-state index < -0.39 is 0 Å². The van der Waals surface area contributed by atoms with E-state index in [2.05, 4.69) is 41.5 Å². The first-order chi connectivity index (χ1) is 16.0. The van der Waals surface area contributed by atoms with Crippen molar-refractivity contribution in [2.24, 2.45) is 0 Å². The van der Waals surface area contributed by atoms with Crippen molar-refractivity contribution in [3.05, 3.63) is 96.1 Å². The van der Waals surface area contributed by atoms with Crippen molar-refractivity contribution < 1.29 is 14.6 Å². The number of carbonyl (C=O) groups is 1. The third kappa shape index (κ3) is 5.62. The standard InChI is InChI=1S/C28H30N2O3/c1-3-17-33-28(32)23-8-10-25(11-9-23)30-15-13-29(14-16-30)20-22-7-12-27(21(2)18-22)24-5-4-6-26(31)19-24/h3-12,18-19,31H,1,13-17,20H2,2H3. The Hall–Kier alpha value is -3.57. The SMILES string of the molecule is C=CCOC(=O)c1ccc(N2CCN(Cc3ccc(-c4cccc(O)c4)c(C)c3)CC2)cc1. The number of hydrogen-bond acceptors (Lipinski definition) is 5.